The second kappa shape index (κ2) is 6.56. The summed E-state index contributed by atoms with van der Waals surface area (Å²) in [5.41, 5.74) is 0.178. The van der Waals surface area contributed by atoms with E-state index in [0.29, 0.717) is 18.9 Å². The first-order valence-electron chi connectivity index (χ1n) is 6.92. The minimum absolute atomic E-state index is 0.178. The van der Waals surface area contributed by atoms with Crippen molar-refractivity contribution in [1.82, 2.24) is 4.90 Å². The molecule has 6 heteroatoms. The van der Waals surface area contributed by atoms with E-state index < -0.39 is 23.7 Å². The van der Waals surface area contributed by atoms with Gasteiger partial charge in [0.1, 0.15) is 11.9 Å². The van der Waals surface area contributed by atoms with Crippen molar-refractivity contribution >= 4 is 27.8 Å². The van der Waals surface area contributed by atoms with Gasteiger partial charge < -0.3 is 10.0 Å². The summed E-state index contributed by atoms with van der Waals surface area (Å²) < 4.78 is 13.8. The Bertz CT molecular complexity index is 564. The van der Waals surface area contributed by atoms with E-state index in [2.05, 4.69) is 15.9 Å². The third-order valence-electron chi connectivity index (χ3n) is 4.00. The average Bonchev–Trinajstić information content (AvgIpc) is 2.48. The van der Waals surface area contributed by atoms with Crippen LogP contribution in [0.4, 0.5) is 4.39 Å². The molecule has 1 aliphatic rings. The van der Waals surface area contributed by atoms with Gasteiger partial charge in [-0.3, -0.25) is 4.79 Å². The van der Waals surface area contributed by atoms with E-state index in [4.69, 9.17) is 0 Å². The number of hydrogen-bond acceptors (Lipinski definition) is 2. The highest BCUT2D eigenvalue weighted by Gasteiger charge is 2.36. The predicted molar refractivity (Wildman–Crippen MR) is 79.6 cm³/mol. The average molecular weight is 358 g/mol. The van der Waals surface area contributed by atoms with Crippen LogP contribution in [0.5, 0.6) is 0 Å². The van der Waals surface area contributed by atoms with Crippen LogP contribution in [0.3, 0.4) is 0 Å². The Kier molecular flexibility index (Phi) is 4.98. The highest BCUT2D eigenvalue weighted by atomic mass is 79.9. The molecular formula is C15H17BrFNO3. The normalized spacial score (nSPS) is 22.1. The summed E-state index contributed by atoms with van der Waals surface area (Å²) in [6.07, 6.45) is 2.14. The smallest absolute Gasteiger partial charge is 0.326 e. The van der Waals surface area contributed by atoms with Crippen LogP contribution in [0.1, 0.15) is 36.5 Å². The maximum atomic E-state index is 13.5. The third kappa shape index (κ3) is 3.43. The molecule has 1 saturated heterocycles. The second-order valence-electron chi connectivity index (χ2n) is 5.28. The number of piperidine rings is 1. The van der Waals surface area contributed by atoms with Gasteiger partial charge in [-0.2, -0.15) is 0 Å². The molecule has 2 rings (SSSR count). The maximum absolute atomic E-state index is 13.5. The van der Waals surface area contributed by atoms with Gasteiger partial charge in [0.15, 0.2) is 0 Å². The molecule has 21 heavy (non-hydrogen) atoms. The number of likely N-dealkylation sites (tertiary alicyclic amines) is 1. The fraction of sp³-hybridized carbons (Fsp3) is 0.467. The lowest BCUT2D eigenvalue weighted by molar-refractivity contribution is -0.144. The van der Waals surface area contributed by atoms with Crippen LogP contribution in [0.2, 0.25) is 0 Å². The largest absolute Gasteiger partial charge is 0.480 e. The quantitative estimate of drug-likeness (QED) is 0.902. The van der Waals surface area contributed by atoms with Gasteiger partial charge in [-0.15, -0.1) is 0 Å². The molecule has 4 nitrogen and oxygen atoms in total. The number of benzene rings is 1. The van der Waals surface area contributed by atoms with E-state index in [-0.39, 0.29) is 10.0 Å². The summed E-state index contributed by atoms with van der Waals surface area (Å²) in [7, 11) is 0. The van der Waals surface area contributed by atoms with Crippen molar-refractivity contribution < 1.29 is 19.1 Å². The van der Waals surface area contributed by atoms with Crippen LogP contribution in [-0.4, -0.2) is 34.5 Å². The minimum atomic E-state index is -1.00. The van der Waals surface area contributed by atoms with Gasteiger partial charge in [0.2, 0.25) is 0 Å². The number of carboxylic acids is 1. The molecule has 0 bridgehead atoms. The maximum Gasteiger partial charge on any atom is 0.326 e. The molecular weight excluding hydrogens is 341 g/mol. The van der Waals surface area contributed by atoms with Crippen LogP contribution in [0, 0.1) is 11.7 Å². The van der Waals surface area contributed by atoms with E-state index in [1.54, 1.807) is 0 Å². The summed E-state index contributed by atoms with van der Waals surface area (Å²) in [5.74, 6) is -1.64. The Morgan fingerprint density at radius 3 is 2.76 bits per heavy atom. The Balaban J connectivity index is 2.24. The summed E-state index contributed by atoms with van der Waals surface area (Å²) in [5, 5.41) is 9.34. The molecule has 2 unspecified atom stereocenters. The van der Waals surface area contributed by atoms with Crippen molar-refractivity contribution in [2.75, 3.05) is 6.54 Å². The molecule has 1 amide bonds. The number of halogens is 2. The Labute approximate surface area is 131 Å². The number of amides is 1. The zero-order valence-electron chi connectivity index (χ0n) is 11.7. The van der Waals surface area contributed by atoms with E-state index in [1.165, 1.54) is 17.0 Å². The molecule has 1 heterocycles. The number of carboxylic acid groups (broad SMARTS) is 1. The zero-order chi connectivity index (χ0) is 15.6. The molecule has 2 atom stereocenters. The van der Waals surface area contributed by atoms with E-state index in [9.17, 15) is 19.1 Å². The van der Waals surface area contributed by atoms with E-state index >= 15 is 0 Å². The minimum Gasteiger partial charge on any atom is -0.480 e. The van der Waals surface area contributed by atoms with E-state index in [1.807, 2.05) is 6.92 Å². The van der Waals surface area contributed by atoms with Gasteiger partial charge in [0, 0.05) is 12.1 Å². The summed E-state index contributed by atoms with van der Waals surface area (Å²) in [6.45, 7) is 2.41. The summed E-state index contributed by atoms with van der Waals surface area (Å²) >= 11 is 3.03. The zero-order valence-corrected chi connectivity index (χ0v) is 13.3. The molecule has 0 aromatic heterocycles. The summed E-state index contributed by atoms with van der Waals surface area (Å²) in [4.78, 5) is 25.2. The molecule has 1 fully saturated rings. The summed E-state index contributed by atoms with van der Waals surface area (Å²) in [6, 6.07) is 3.26. The molecule has 0 spiro atoms. The number of carbonyl (C=O) groups excluding carboxylic acids is 1. The lowest BCUT2D eigenvalue weighted by Gasteiger charge is -2.37. The molecule has 1 aliphatic heterocycles. The first kappa shape index (κ1) is 15.9. The predicted octanol–water partition coefficient (Wildman–Crippen LogP) is 3.30. The molecule has 1 aromatic rings. The van der Waals surface area contributed by atoms with Gasteiger partial charge in [0.25, 0.3) is 5.91 Å². The van der Waals surface area contributed by atoms with Gasteiger partial charge in [-0.05, 0) is 52.9 Å². The van der Waals surface area contributed by atoms with Crippen LogP contribution < -0.4 is 0 Å². The fourth-order valence-corrected chi connectivity index (χ4v) is 2.93. The highest BCUT2D eigenvalue weighted by Crippen LogP contribution is 2.27. The van der Waals surface area contributed by atoms with Crippen molar-refractivity contribution in [3.63, 3.8) is 0 Å². The van der Waals surface area contributed by atoms with Crippen LogP contribution in [0.25, 0.3) is 0 Å². The number of rotatable bonds is 3. The van der Waals surface area contributed by atoms with Crippen molar-refractivity contribution in [1.29, 1.82) is 0 Å². The van der Waals surface area contributed by atoms with Gasteiger partial charge >= 0.3 is 5.97 Å². The monoisotopic (exact) mass is 357 g/mol. The first-order valence-corrected chi connectivity index (χ1v) is 7.72. The third-order valence-corrected chi connectivity index (χ3v) is 4.64. The van der Waals surface area contributed by atoms with Crippen LogP contribution >= 0.6 is 15.9 Å². The fourth-order valence-electron chi connectivity index (χ4n) is 2.68. The molecule has 0 saturated carbocycles. The Morgan fingerprint density at radius 1 is 1.48 bits per heavy atom. The molecule has 0 radical (unpaired) electrons. The number of nitrogens with zero attached hydrogens (tertiary/aromatic N) is 1. The Morgan fingerprint density at radius 2 is 2.19 bits per heavy atom. The molecule has 114 valence electrons. The lowest BCUT2D eigenvalue weighted by Crippen LogP contribution is -2.50. The van der Waals surface area contributed by atoms with Crippen LogP contribution in [0.15, 0.2) is 22.7 Å². The van der Waals surface area contributed by atoms with E-state index in [0.717, 1.165) is 18.9 Å². The second-order valence-corrected chi connectivity index (χ2v) is 6.13. The van der Waals surface area contributed by atoms with Crippen LogP contribution in [-0.2, 0) is 4.79 Å². The van der Waals surface area contributed by atoms with Crippen molar-refractivity contribution in [2.24, 2.45) is 5.92 Å². The van der Waals surface area contributed by atoms with Crippen molar-refractivity contribution in [2.45, 2.75) is 32.2 Å². The number of carbonyl (C=O) groups is 2. The molecule has 1 aromatic carbocycles. The molecule has 1 N–H and O–H groups in total. The lowest BCUT2D eigenvalue weighted by atomic mass is 9.88. The van der Waals surface area contributed by atoms with Gasteiger partial charge in [-0.1, -0.05) is 13.3 Å². The standard InChI is InChI=1S/C15H17BrFNO3/c1-2-9-5-6-18(13(7-9)15(20)21)14(19)10-3-4-11(16)12(17)8-10/h3-4,8-9,13H,2,5-7H2,1H3,(H,20,21). The topological polar surface area (TPSA) is 57.6 Å². The Hall–Kier alpha value is -1.43. The molecule has 0 aliphatic carbocycles. The number of hydrogen-bond donors (Lipinski definition) is 1. The first-order chi connectivity index (χ1) is 9.93. The van der Waals surface area contributed by atoms with Crippen molar-refractivity contribution in [3.05, 3.63) is 34.1 Å². The van der Waals surface area contributed by atoms with Gasteiger partial charge in [-0.25, -0.2) is 9.18 Å². The van der Waals surface area contributed by atoms with Gasteiger partial charge in [0.05, 0.1) is 4.47 Å². The number of aliphatic carboxylic acids is 1. The SMILES string of the molecule is CCC1CCN(C(=O)c2ccc(Br)c(F)c2)C(C(=O)O)C1. The highest BCUT2D eigenvalue weighted by molar-refractivity contribution is 9.10. The van der Waals surface area contributed by atoms with Crippen molar-refractivity contribution in [3.8, 4) is 0 Å².